The van der Waals surface area contributed by atoms with Crippen LogP contribution in [0.3, 0.4) is 0 Å². The predicted molar refractivity (Wildman–Crippen MR) is 141 cm³/mol. The average molecular weight is 546 g/mol. The summed E-state index contributed by atoms with van der Waals surface area (Å²) in [5.74, 6) is -0.796. The number of rotatable bonds is 16. The maximum Gasteiger partial charge on any atom is 0.300 e. The Hall–Kier alpha value is -1.91. The van der Waals surface area contributed by atoms with Gasteiger partial charge in [-0.1, -0.05) is 42.1 Å². The Balaban J connectivity index is 0.00000150. The minimum Gasteiger partial charge on any atom is -0.508 e. The fourth-order valence-electron chi connectivity index (χ4n) is 3.16. The van der Waals surface area contributed by atoms with E-state index in [1.807, 2.05) is 0 Å². The summed E-state index contributed by atoms with van der Waals surface area (Å²) in [6.45, 7) is 4.26. The monoisotopic (exact) mass is 545 g/mol. The molecular formula is C26H37Cl2NO7. The van der Waals surface area contributed by atoms with Crippen molar-refractivity contribution in [1.29, 1.82) is 0 Å². The van der Waals surface area contributed by atoms with E-state index in [0.717, 1.165) is 44.7 Å². The summed E-state index contributed by atoms with van der Waals surface area (Å²) in [6.07, 6.45) is 3.52. The summed E-state index contributed by atoms with van der Waals surface area (Å²) in [5, 5.41) is 40.9. The van der Waals surface area contributed by atoms with Crippen molar-refractivity contribution in [3.63, 3.8) is 0 Å². The number of benzene rings is 2. The first-order valence-electron chi connectivity index (χ1n) is 11.8. The number of carbonyl (C=O) groups is 1. The predicted octanol–water partition coefficient (Wildman–Crippen LogP) is 4.70. The molecule has 0 aliphatic heterocycles. The van der Waals surface area contributed by atoms with Crippen molar-refractivity contribution in [3.05, 3.63) is 63.1 Å². The lowest BCUT2D eigenvalue weighted by atomic mass is 10.1. The second-order valence-corrected chi connectivity index (χ2v) is 8.94. The summed E-state index contributed by atoms with van der Waals surface area (Å²) < 4.78 is 11.2. The van der Waals surface area contributed by atoms with Crippen LogP contribution in [0.2, 0.25) is 10.0 Å². The van der Waals surface area contributed by atoms with E-state index in [4.69, 9.17) is 42.6 Å². The molecule has 0 spiro atoms. The fourth-order valence-corrected chi connectivity index (χ4v) is 3.53. The molecule has 202 valence electrons. The van der Waals surface area contributed by atoms with Gasteiger partial charge < -0.3 is 35.2 Å². The summed E-state index contributed by atoms with van der Waals surface area (Å²) in [5.41, 5.74) is 1.97. The molecule has 5 N–H and O–H groups in total. The molecule has 0 aliphatic rings. The van der Waals surface area contributed by atoms with E-state index in [2.05, 4.69) is 5.32 Å². The summed E-state index contributed by atoms with van der Waals surface area (Å²) >= 11 is 12.0. The third-order valence-electron chi connectivity index (χ3n) is 5.03. The van der Waals surface area contributed by atoms with Crippen molar-refractivity contribution in [1.82, 2.24) is 5.32 Å². The standard InChI is InChI=1S/C24H33Cl2NO5.C2H4O2/c25-21-6-7-22(26)20(14-21)17-32-12-11-31-10-4-2-1-3-9-27-15-24(30)18-5-8-23(29)19(13-18)16-28;1-2(3)4/h5-8,13-14,24,27-30H,1-4,9-12,15-17H2;1H3,(H,3,4). The van der Waals surface area contributed by atoms with Gasteiger partial charge in [-0.2, -0.15) is 0 Å². The number of ether oxygens (including phenoxy) is 2. The number of nitrogens with one attached hydrogen (secondary N) is 1. The van der Waals surface area contributed by atoms with E-state index in [0.29, 0.717) is 54.1 Å². The fraction of sp³-hybridized carbons (Fsp3) is 0.500. The van der Waals surface area contributed by atoms with Gasteiger partial charge in [0.25, 0.3) is 5.97 Å². The third kappa shape index (κ3) is 14.6. The zero-order valence-electron chi connectivity index (χ0n) is 20.6. The van der Waals surface area contributed by atoms with E-state index in [1.165, 1.54) is 6.07 Å². The molecule has 0 radical (unpaired) electrons. The number of aliphatic carboxylic acids is 1. The lowest BCUT2D eigenvalue weighted by molar-refractivity contribution is -0.134. The van der Waals surface area contributed by atoms with Crippen LogP contribution in [0.1, 0.15) is 55.4 Å². The van der Waals surface area contributed by atoms with Crippen molar-refractivity contribution in [2.24, 2.45) is 0 Å². The van der Waals surface area contributed by atoms with Crippen molar-refractivity contribution in [3.8, 4) is 5.75 Å². The number of aromatic hydroxyl groups is 1. The first-order valence-corrected chi connectivity index (χ1v) is 12.6. The zero-order chi connectivity index (χ0) is 26.8. The molecule has 0 saturated heterocycles. The van der Waals surface area contributed by atoms with E-state index in [9.17, 15) is 15.3 Å². The average Bonchev–Trinajstić information content (AvgIpc) is 2.83. The van der Waals surface area contributed by atoms with Crippen LogP contribution in [0, 0.1) is 0 Å². The van der Waals surface area contributed by atoms with Crippen LogP contribution >= 0.6 is 23.2 Å². The van der Waals surface area contributed by atoms with E-state index < -0.39 is 12.1 Å². The first kappa shape index (κ1) is 32.1. The van der Waals surface area contributed by atoms with Gasteiger partial charge in [-0.05, 0) is 60.8 Å². The van der Waals surface area contributed by atoms with E-state index >= 15 is 0 Å². The summed E-state index contributed by atoms with van der Waals surface area (Å²) in [6, 6.07) is 10.1. The lowest BCUT2D eigenvalue weighted by Gasteiger charge is -2.14. The van der Waals surface area contributed by atoms with Crippen LogP contribution in [-0.4, -0.2) is 59.3 Å². The molecule has 0 amide bonds. The molecule has 2 rings (SSSR count). The molecule has 8 nitrogen and oxygen atoms in total. The Morgan fingerprint density at radius 3 is 2.39 bits per heavy atom. The smallest absolute Gasteiger partial charge is 0.300 e. The SMILES string of the molecule is CC(=O)O.OCc1cc(C(O)CNCCCCCCOCCOCc2cc(Cl)ccc2Cl)ccc1O. The Morgan fingerprint density at radius 1 is 0.972 bits per heavy atom. The number of carboxylic acid groups (broad SMARTS) is 1. The maximum absolute atomic E-state index is 10.2. The number of phenols is 1. The molecule has 0 aromatic heterocycles. The molecule has 0 heterocycles. The van der Waals surface area contributed by atoms with Gasteiger partial charge in [0.05, 0.1) is 32.5 Å². The maximum atomic E-state index is 10.2. The molecule has 2 aromatic rings. The summed E-state index contributed by atoms with van der Waals surface area (Å²) in [7, 11) is 0. The number of halogens is 2. The highest BCUT2D eigenvalue weighted by molar-refractivity contribution is 6.33. The molecule has 0 bridgehead atoms. The third-order valence-corrected chi connectivity index (χ3v) is 5.63. The molecule has 10 heteroatoms. The first-order chi connectivity index (χ1) is 17.2. The summed E-state index contributed by atoms with van der Waals surface area (Å²) in [4.78, 5) is 9.00. The van der Waals surface area contributed by atoms with Crippen LogP contribution in [0.25, 0.3) is 0 Å². The van der Waals surface area contributed by atoms with E-state index in [-0.39, 0.29) is 12.4 Å². The Labute approximate surface area is 222 Å². The topological polar surface area (TPSA) is 128 Å². The Morgan fingerprint density at radius 2 is 1.67 bits per heavy atom. The molecule has 36 heavy (non-hydrogen) atoms. The van der Waals surface area contributed by atoms with Crippen LogP contribution in [0.15, 0.2) is 36.4 Å². The van der Waals surface area contributed by atoms with Gasteiger partial charge in [0.2, 0.25) is 0 Å². The normalized spacial score (nSPS) is 11.6. The van der Waals surface area contributed by atoms with Gasteiger partial charge in [0.15, 0.2) is 0 Å². The van der Waals surface area contributed by atoms with Gasteiger partial charge in [-0.25, -0.2) is 0 Å². The van der Waals surface area contributed by atoms with Crippen molar-refractivity contribution in [2.75, 3.05) is 32.9 Å². The van der Waals surface area contributed by atoms with Gasteiger partial charge in [0.1, 0.15) is 5.75 Å². The molecule has 2 aromatic carbocycles. The largest absolute Gasteiger partial charge is 0.508 e. The quantitative estimate of drug-likeness (QED) is 0.192. The van der Waals surface area contributed by atoms with Gasteiger partial charge in [0, 0.05) is 35.7 Å². The second-order valence-electron chi connectivity index (χ2n) is 8.10. The lowest BCUT2D eigenvalue weighted by Crippen LogP contribution is -2.22. The highest BCUT2D eigenvalue weighted by atomic mass is 35.5. The van der Waals surface area contributed by atoms with Gasteiger partial charge in [-0.3, -0.25) is 4.79 Å². The number of unbranched alkanes of at least 4 members (excludes halogenated alkanes) is 3. The highest BCUT2D eigenvalue weighted by Crippen LogP contribution is 2.22. The van der Waals surface area contributed by atoms with Gasteiger partial charge >= 0.3 is 0 Å². The Kier molecular flexibility index (Phi) is 17.2. The van der Waals surface area contributed by atoms with Crippen LogP contribution in [0.4, 0.5) is 0 Å². The molecule has 0 fully saturated rings. The molecule has 0 aliphatic carbocycles. The number of aliphatic hydroxyl groups is 2. The van der Waals surface area contributed by atoms with Crippen molar-refractivity contribution in [2.45, 2.75) is 51.9 Å². The minimum atomic E-state index is -0.833. The number of hydrogen-bond donors (Lipinski definition) is 5. The molecule has 1 atom stereocenters. The number of hydrogen-bond acceptors (Lipinski definition) is 7. The second kappa shape index (κ2) is 19.2. The minimum absolute atomic E-state index is 0.0374. The van der Waals surface area contributed by atoms with Gasteiger partial charge in [-0.15, -0.1) is 0 Å². The number of carboxylic acids is 1. The number of aliphatic hydroxyl groups excluding tert-OH is 2. The Bertz CT molecular complexity index is 895. The highest BCUT2D eigenvalue weighted by Gasteiger charge is 2.10. The zero-order valence-corrected chi connectivity index (χ0v) is 22.1. The van der Waals surface area contributed by atoms with Crippen LogP contribution in [-0.2, 0) is 27.5 Å². The van der Waals surface area contributed by atoms with Crippen molar-refractivity contribution < 1.29 is 34.7 Å². The molecule has 0 saturated carbocycles. The van der Waals surface area contributed by atoms with Crippen LogP contribution < -0.4 is 5.32 Å². The van der Waals surface area contributed by atoms with Crippen molar-refractivity contribution >= 4 is 29.2 Å². The molecule has 1 unspecified atom stereocenters. The molecular weight excluding hydrogens is 509 g/mol. The van der Waals surface area contributed by atoms with Crippen LogP contribution in [0.5, 0.6) is 5.75 Å². The van der Waals surface area contributed by atoms with E-state index in [1.54, 1.807) is 30.3 Å².